The number of fused-ring (bicyclic) bond motifs is 1. The first-order chi connectivity index (χ1) is 9.56. The van der Waals surface area contributed by atoms with Crippen LogP contribution in [-0.4, -0.2) is 4.98 Å². The van der Waals surface area contributed by atoms with Gasteiger partial charge >= 0.3 is 0 Å². The zero-order valence-electron chi connectivity index (χ0n) is 10.7. The monoisotopic (exact) mass is 271 g/mol. The Hall–Kier alpha value is -2.49. The number of nitrogens with one attached hydrogen (secondary N) is 1. The zero-order chi connectivity index (χ0) is 14.3. The molecule has 100 valence electrons. The third-order valence-corrected chi connectivity index (χ3v) is 3.28. The van der Waals surface area contributed by atoms with Crippen LogP contribution in [-0.2, 0) is 0 Å². The Morgan fingerprint density at radius 1 is 0.950 bits per heavy atom. The van der Waals surface area contributed by atoms with Gasteiger partial charge in [0, 0.05) is 22.2 Å². The van der Waals surface area contributed by atoms with Crippen molar-refractivity contribution in [3.05, 3.63) is 70.0 Å². The average Bonchev–Trinajstić information content (AvgIpc) is 2.42. The van der Waals surface area contributed by atoms with Crippen LogP contribution >= 0.6 is 0 Å². The molecule has 2 nitrogen and oxygen atoms in total. The Morgan fingerprint density at radius 2 is 1.60 bits per heavy atom. The number of hydrogen-bond donors (Lipinski definition) is 1. The molecule has 4 heteroatoms. The molecule has 0 fully saturated rings. The molecule has 0 spiro atoms. The highest BCUT2D eigenvalue weighted by Gasteiger charge is 2.12. The van der Waals surface area contributed by atoms with Crippen LogP contribution < -0.4 is 5.43 Å². The van der Waals surface area contributed by atoms with Gasteiger partial charge in [-0.1, -0.05) is 12.1 Å². The van der Waals surface area contributed by atoms with Crippen molar-refractivity contribution in [3.63, 3.8) is 0 Å². The Labute approximate surface area is 113 Å². The highest BCUT2D eigenvalue weighted by Crippen LogP contribution is 2.22. The molecule has 0 unspecified atom stereocenters. The first-order valence-corrected chi connectivity index (χ1v) is 6.14. The SMILES string of the molecule is Cc1[nH]c2ccc(F)cc2c(=O)c1-c1ccc(F)cc1. The van der Waals surface area contributed by atoms with E-state index in [0.29, 0.717) is 22.3 Å². The fourth-order valence-electron chi connectivity index (χ4n) is 2.35. The van der Waals surface area contributed by atoms with Crippen molar-refractivity contribution < 1.29 is 8.78 Å². The van der Waals surface area contributed by atoms with Crippen LogP contribution in [0.2, 0.25) is 0 Å². The van der Waals surface area contributed by atoms with E-state index in [-0.39, 0.29) is 16.6 Å². The Morgan fingerprint density at radius 3 is 2.30 bits per heavy atom. The van der Waals surface area contributed by atoms with E-state index in [4.69, 9.17) is 0 Å². The predicted octanol–water partition coefficient (Wildman–Crippen LogP) is 3.78. The van der Waals surface area contributed by atoms with Gasteiger partial charge in [0.25, 0.3) is 0 Å². The highest BCUT2D eigenvalue weighted by atomic mass is 19.1. The molecule has 0 radical (unpaired) electrons. The summed E-state index contributed by atoms with van der Waals surface area (Å²) in [4.78, 5) is 15.6. The maximum atomic E-state index is 13.3. The molecule has 1 heterocycles. The van der Waals surface area contributed by atoms with Crippen molar-refractivity contribution in [1.29, 1.82) is 0 Å². The van der Waals surface area contributed by atoms with E-state index in [1.165, 1.54) is 42.5 Å². The molecule has 0 aliphatic heterocycles. The Bertz CT molecular complexity index is 851. The molecule has 0 amide bonds. The first kappa shape index (κ1) is 12.5. The lowest BCUT2D eigenvalue weighted by atomic mass is 10.0. The number of halogens is 2. The molecule has 3 aromatic rings. The summed E-state index contributed by atoms with van der Waals surface area (Å²) in [6.07, 6.45) is 0. The second-order valence-electron chi connectivity index (χ2n) is 4.65. The molecule has 2 aromatic carbocycles. The van der Waals surface area contributed by atoms with Crippen LogP contribution in [0.5, 0.6) is 0 Å². The highest BCUT2D eigenvalue weighted by molar-refractivity contribution is 5.84. The summed E-state index contributed by atoms with van der Waals surface area (Å²) in [6, 6.07) is 9.72. The molecule has 20 heavy (non-hydrogen) atoms. The van der Waals surface area contributed by atoms with Crippen molar-refractivity contribution in [1.82, 2.24) is 4.98 Å². The number of hydrogen-bond acceptors (Lipinski definition) is 1. The van der Waals surface area contributed by atoms with Gasteiger partial charge in [-0.25, -0.2) is 8.78 Å². The lowest BCUT2D eigenvalue weighted by Crippen LogP contribution is -2.09. The van der Waals surface area contributed by atoms with Crippen LogP contribution in [0, 0.1) is 18.6 Å². The lowest BCUT2D eigenvalue weighted by molar-refractivity contribution is 0.628. The molecule has 0 aliphatic rings. The standard InChI is InChI=1S/C16H11F2NO/c1-9-15(10-2-4-11(17)5-3-10)16(20)13-8-12(18)6-7-14(13)19-9/h2-8H,1H3,(H,19,20). The summed E-state index contributed by atoms with van der Waals surface area (Å²) in [5.74, 6) is -0.827. The van der Waals surface area contributed by atoms with Crippen molar-refractivity contribution in [2.45, 2.75) is 6.92 Å². The number of pyridine rings is 1. The fraction of sp³-hybridized carbons (Fsp3) is 0.0625. The summed E-state index contributed by atoms with van der Waals surface area (Å²) in [6.45, 7) is 1.77. The van der Waals surface area contributed by atoms with Gasteiger partial charge in [0.1, 0.15) is 11.6 Å². The number of benzene rings is 2. The molecule has 1 aromatic heterocycles. The second kappa shape index (κ2) is 4.56. The van der Waals surface area contributed by atoms with Gasteiger partial charge in [-0.15, -0.1) is 0 Å². The summed E-state index contributed by atoms with van der Waals surface area (Å²) < 4.78 is 26.3. The lowest BCUT2D eigenvalue weighted by Gasteiger charge is -2.08. The summed E-state index contributed by atoms with van der Waals surface area (Å²) in [7, 11) is 0. The maximum Gasteiger partial charge on any atom is 0.197 e. The van der Waals surface area contributed by atoms with Crippen LogP contribution in [0.4, 0.5) is 8.78 Å². The number of rotatable bonds is 1. The van der Waals surface area contributed by atoms with Gasteiger partial charge in [-0.05, 0) is 42.8 Å². The minimum atomic E-state index is -0.461. The van der Waals surface area contributed by atoms with Gasteiger partial charge < -0.3 is 4.98 Å². The van der Waals surface area contributed by atoms with Crippen molar-refractivity contribution in [2.24, 2.45) is 0 Å². The topological polar surface area (TPSA) is 32.9 Å². The average molecular weight is 271 g/mol. The smallest absolute Gasteiger partial charge is 0.197 e. The minimum absolute atomic E-state index is 0.262. The van der Waals surface area contributed by atoms with Crippen LogP contribution in [0.1, 0.15) is 5.69 Å². The molecule has 0 saturated carbocycles. The Kier molecular flexibility index (Phi) is 2.86. The quantitative estimate of drug-likeness (QED) is 0.717. The van der Waals surface area contributed by atoms with Gasteiger partial charge in [-0.2, -0.15) is 0 Å². The van der Waals surface area contributed by atoms with Crippen molar-refractivity contribution in [2.75, 3.05) is 0 Å². The fourth-order valence-corrected chi connectivity index (χ4v) is 2.35. The van der Waals surface area contributed by atoms with E-state index >= 15 is 0 Å². The van der Waals surface area contributed by atoms with Gasteiger partial charge in [-0.3, -0.25) is 4.79 Å². The summed E-state index contributed by atoms with van der Waals surface area (Å²) in [5.41, 5.74) is 2.03. The van der Waals surface area contributed by atoms with Crippen LogP contribution in [0.25, 0.3) is 22.0 Å². The number of aromatic amines is 1. The van der Waals surface area contributed by atoms with E-state index in [0.717, 1.165) is 0 Å². The molecule has 0 aliphatic carbocycles. The van der Waals surface area contributed by atoms with Crippen LogP contribution in [0.3, 0.4) is 0 Å². The van der Waals surface area contributed by atoms with Gasteiger partial charge in [0.15, 0.2) is 5.43 Å². The summed E-state index contributed by atoms with van der Waals surface area (Å²) in [5, 5.41) is 0.287. The number of aromatic nitrogens is 1. The molecule has 1 N–H and O–H groups in total. The molecular formula is C16H11F2NO. The molecule has 0 atom stereocenters. The van der Waals surface area contributed by atoms with Crippen molar-refractivity contribution >= 4 is 10.9 Å². The van der Waals surface area contributed by atoms with E-state index in [9.17, 15) is 13.6 Å². The minimum Gasteiger partial charge on any atom is -0.358 e. The number of H-pyrrole nitrogens is 1. The number of aryl methyl sites for hydroxylation is 1. The molecular weight excluding hydrogens is 260 g/mol. The molecule has 3 rings (SSSR count). The maximum absolute atomic E-state index is 13.3. The zero-order valence-corrected chi connectivity index (χ0v) is 10.7. The van der Waals surface area contributed by atoms with E-state index in [2.05, 4.69) is 4.98 Å². The third kappa shape index (κ3) is 1.99. The second-order valence-corrected chi connectivity index (χ2v) is 4.65. The summed E-state index contributed by atoms with van der Waals surface area (Å²) >= 11 is 0. The normalized spacial score (nSPS) is 10.9. The third-order valence-electron chi connectivity index (χ3n) is 3.28. The van der Waals surface area contributed by atoms with Gasteiger partial charge in [0.2, 0.25) is 0 Å². The van der Waals surface area contributed by atoms with E-state index < -0.39 is 5.82 Å². The first-order valence-electron chi connectivity index (χ1n) is 6.14. The van der Waals surface area contributed by atoms with Crippen LogP contribution in [0.15, 0.2) is 47.3 Å². The molecule has 0 bridgehead atoms. The Balaban J connectivity index is 2.36. The predicted molar refractivity (Wildman–Crippen MR) is 74.7 cm³/mol. The van der Waals surface area contributed by atoms with E-state index in [1.54, 1.807) is 6.92 Å². The van der Waals surface area contributed by atoms with Crippen molar-refractivity contribution in [3.8, 4) is 11.1 Å². The largest absolute Gasteiger partial charge is 0.358 e. The van der Waals surface area contributed by atoms with E-state index in [1.807, 2.05) is 0 Å². The molecule has 0 saturated heterocycles. The van der Waals surface area contributed by atoms with Gasteiger partial charge in [0.05, 0.1) is 0 Å².